The normalized spacial score (nSPS) is 15.7. The molecule has 176 valence electrons. The summed E-state index contributed by atoms with van der Waals surface area (Å²) in [7, 11) is 1.55. The van der Waals surface area contributed by atoms with Crippen LogP contribution in [0.2, 0.25) is 0 Å². The summed E-state index contributed by atoms with van der Waals surface area (Å²) in [5, 5.41) is 4.74. The number of ether oxygens (including phenoxy) is 1. The fraction of sp³-hybridized carbons (Fsp3) is 0.240. The van der Waals surface area contributed by atoms with Gasteiger partial charge in [0.15, 0.2) is 0 Å². The molecule has 1 aliphatic heterocycles. The Kier molecular flexibility index (Phi) is 6.93. The molecule has 1 saturated heterocycles. The maximum Gasteiger partial charge on any atom is 0.332 e. The molecule has 7 nitrogen and oxygen atoms in total. The van der Waals surface area contributed by atoms with E-state index in [0.29, 0.717) is 17.9 Å². The lowest BCUT2D eigenvalue weighted by Gasteiger charge is -2.21. The molecular weight excluding hydrogens is 457 g/mol. The maximum atomic E-state index is 13.4. The first-order valence-corrected chi connectivity index (χ1v) is 11.6. The largest absolute Gasteiger partial charge is 0.497 e. The average Bonchev–Trinajstić information content (AvgIpc) is 3.33. The van der Waals surface area contributed by atoms with Crippen molar-refractivity contribution in [2.75, 3.05) is 23.9 Å². The van der Waals surface area contributed by atoms with Gasteiger partial charge in [0.25, 0.3) is 5.91 Å². The number of amides is 4. The van der Waals surface area contributed by atoms with E-state index in [1.165, 1.54) is 29.2 Å². The van der Waals surface area contributed by atoms with Gasteiger partial charge in [0.1, 0.15) is 17.6 Å². The lowest BCUT2D eigenvalue weighted by molar-refractivity contribution is -0.124. The Hall–Kier alpha value is -3.72. The number of urea groups is 1. The van der Waals surface area contributed by atoms with Crippen molar-refractivity contribution in [3.8, 4) is 5.75 Å². The molecule has 0 radical (unpaired) electrons. The molecule has 4 rings (SSSR count). The van der Waals surface area contributed by atoms with Gasteiger partial charge >= 0.3 is 6.03 Å². The van der Waals surface area contributed by atoms with E-state index in [-0.39, 0.29) is 18.7 Å². The van der Waals surface area contributed by atoms with Gasteiger partial charge < -0.3 is 15.0 Å². The van der Waals surface area contributed by atoms with Crippen LogP contribution in [-0.4, -0.2) is 42.4 Å². The van der Waals surface area contributed by atoms with E-state index in [4.69, 9.17) is 4.74 Å². The topological polar surface area (TPSA) is 79.0 Å². The van der Waals surface area contributed by atoms with E-state index in [9.17, 15) is 18.8 Å². The highest BCUT2D eigenvalue weighted by Gasteiger charge is 2.46. The van der Waals surface area contributed by atoms with Crippen molar-refractivity contribution in [2.24, 2.45) is 0 Å². The zero-order valence-corrected chi connectivity index (χ0v) is 19.6. The van der Waals surface area contributed by atoms with E-state index in [2.05, 4.69) is 5.32 Å². The van der Waals surface area contributed by atoms with Gasteiger partial charge in [0, 0.05) is 17.1 Å². The molecule has 9 heteroatoms. The number of imide groups is 1. The molecule has 0 spiro atoms. The number of anilines is 2. The highest BCUT2D eigenvalue weighted by Crippen LogP contribution is 2.28. The lowest BCUT2D eigenvalue weighted by atomic mass is 10.1. The van der Waals surface area contributed by atoms with Crippen molar-refractivity contribution in [1.82, 2.24) is 4.90 Å². The van der Waals surface area contributed by atoms with E-state index in [0.717, 1.165) is 15.3 Å². The van der Waals surface area contributed by atoms with Crippen LogP contribution in [-0.2, 0) is 16.0 Å². The number of carbonyl (C=O) groups excluding carboxylic acids is 3. The Labute approximate surface area is 200 Å². The third-order valence-corrected chi connectivity index (χ3v) is 6.79. The van der Waals surface area contributed by atoms with Crippen LogP contribution in [0.1, 0.15) is 16.9 Å². The van der Waals surface area contributed by atoms with Crippen molar-refractivity contribution >= 4 is 40.6 Å². The summed E-state index contributed by atoms with van der Waals surface area (Å²) < 4.78 is 18.5. The number of hydrogen-bond acceptors (Lipinski definition) is 5. The summed E-state index contributed by atoms with van der Waals surface area (Å²) in [6.45, 7) is 2.28. The fourth-order valence-electron chi connectivity index (χ4n) is 3.86. The van der Waals surface area contributed by atoms with Crippen molar-refractivity contribution in [2.45, 2.75) is 25.8 Å². The van der Waals surface area contributed by atoms with Crippen molar-refractivity contribution in [3.63, 3.8) is 0 Å². The van der Waals surface area contributed by atoms with Crippen LogP contribution in [0.5, 0.6) is 5.75 Å². The van der Waals surface area contributed by atoms with Gasteiger partial charge in [-0.1, -0.05) is 0 Å². The Morgan fingerprint density at radius 3 is 2.41 bits per heavy atom. The second-order valence-corrected chi connectivity index (χ2v) is 8.90. The predicted octanol–water partition coefficient (Wildman–Crippen LogP) is 4.61. The van der Waals surface area contributed by atoms with E-state index < -0.39 is 29.7 Å². The number of carbonyl (C=O) groups is 3. The van der Waals surface area contributed by atoms with Crippen LogP contribution in [0, 0.1) is 12.7 Å². The smallest absolute Gasteiger partial charge is 0.332 e. The van der Waals surface area contributed by atoms with Crippen molar-refractivity contribution in [3.05, 3.63) is 76.2 Å². The van der Waals surface area contributed by atoms with Crippen LogP contribution >= 0.6 is 11.3 Å². The van der Waals surface area contributed by atoms with Crippen LogP contribution in [0.4, 0.5) is 20.6 Å². The van der Waals surface area contributed by atoms with Gasteiger partial charge in [-0.2, -0.15) is 0 Å². The van der Waals surface area contributed by atoms with Crippen molar-refractivity contribution < 1.29 is 23.5 Å². The summed E-state index contributed by atoms with van der Waals surface area (Å²) in [4.78, 5) is 42.9. The van der Waals surface area contributed by atoms with Crippen molar-refractivity contribution in [1.29, 1.82) is 0 Å². The third kappa shape index (κ3) is 4.94. The predicted molar refractivity (Wildman–Crippen MR) is 129 cm³/mol. The highest BCUT2D eigenvalue weighted by molar-refractivity contribution is 7.10. The van der Waals surface area contributed by atoms with Gasteiger partial charge in [0.2, 0.25) is 5.91 Å². The summed E-state index contributed by atoms with van der Waals surface area (Å²) in [6.07, 6.45) is 0.369. The number of thiophene rings is 1. The van der Waals surface area contributed by atoms with E-state index >= 15 is 0 Å². The second kappa shape index (κ2) is 10.0. The third-order valence-electron chi connectivity index (χ3n) is 5.70. The number of hydrogen-bond donors (Lipinski definition) is 1. The SMILES string of the molecule is COc1ccc(NC(=O)C[C@H]2C(=O)N(c3ccc(F)cc3)C(=O)N2CCc2sccc2C)cc1. The van der Waals surface area contributed by atoms with Crippen LogP contribution < -0.4 is 15.0 Å². The summed E-state index contributed by atoms with van der Waals surface area (Å²) in [5.74, 6) is -0.721. The Bertz CT molecular complexity index is 1190. The average molecular weight is 482 g/mol. The van der Waals surface area contributed by atoms with E-state index in [1.807, 2.05) is 18.4 Å². The number of nitrogens with zero attached hydrogens (tertiary/aromatic N) is 2. The molecule has 2 aromatic carbocycles. The molecule has 34 heavy (non-hydrogen) atoms. The number of methoxy groups -OCH3 is 1. The van der Waals surface area contributed by atoms with Crippen LogP contribution in [0.25, 0.3) is 0 Å². The fourth-order valence-corrected chi connectivity index (χ4v) is 4.76. The summed E-state index contributed by atoms with van der Waals surface area (Å²) in [6, 6.07) is 12.5. The van der Waals surface area contributed by atoms with Gasteiger partial charge in [-0.15, -0.1) is 11.3 Å². The number of nitrogens with one attached hydrogen (secondary N) is 1. The Balaban J connectivity index is 1.54. The van der Waals surface area contributed by atoms with Gasteiger partial charge in [-0.25, -0.2) is 14.1 Å². The van der Waals surface area contributed by atoms with Gasteiger partial charge in [0.05, 0.1) is 19.2 Å². The molecule has 0 bridgehead atoms. The first-order valence-electron chi connectivity index (χ1n) is 10.7. The van der Waals surface area contributed by atoms with E-state index in [1.54, 1.807) is 42.7 Å². The molecule has 1 atom stereocenters. The maximum absolute atomic E-state index is 13.4. The second-order valence-electron chi connectivity index (χ2n) is 7.90. The first kappa shape index (κ1) is 23.4. The minimum absolute atomic E-state index is 0.197. The van der Waals surface area contributed by atoms with Gasteiger partial charge in [-0.3, -0.25) is 9.59 Å². The zero-order chi connectivity index (χ0) is 24.2. The molecule has 4 amide bonds. The molecule has 1 N–H and O–H groups in total. The minimum Gasteiger partial charge on any atom is -0.497 e. The lowest BCUT2D eigenvalue weighted by Crippen LogP contribution is -2.39. The quantitative estimate of drug-likeness (QED) is 0.477. The molecule has 0 aliphatic carbocycles. The number of rotatable bonds is 8. The molecule has 1 aliphatic rings. The first-order chi connectivity index (χ1) is 16.4. The van der Waals surface area contributed by atoms with Crippen LogP contribution in [0.15, 0.2) is 60.0 Å². The molecule has 3 aromatic rings. The zero-order valence-electron chi connectivity index (χ0n) is 18.8. The Morgan fingerprint density at radius 1 is 1.09 bits per heavy atom. The number of aryl methyl sites for hydroxylation is 1. The number of benzene rings is 2. The molecule has 2 heterocycles. The summed E-state index contributed by atoms with van der Waals surface area (Å²) >= 11 is 1.59. The molecule has 1 fully saturated rings. The standard InChI is InChI=1S/C25H24FN3O4S/c1-16-12-14-34-22(16)11-13-28-21(15-23(30)27-18-5-9-20(33-2)10-6-18)24(31)29(25(28)32)19-7-3-17(26)4-8-19/h3-10,12,14,21H,11,13,15H2,1-2H3,(H,27,30)/t21-/m0/s1. The minimum atomic E-state index is -0.962. The molecule has 0 unspecified atom stereocenters. The van der Waals surface area contributed by atoms with Gasteiger partial charge in [-0.05, 0) is 78.9 Å². The molecular formula is C25H24FN3O4S. The molecule has 0 saturated carbocycles. The summed E-state index contributed by atoms with van der Waals surface area (Å²) in [5.41, 5.74) is 1.94. The molecule has 1 aromatic heterocycles. The highest BCUT2D eigenvalue weighted by atomic mass is 32.1. The monoisotopic (exact) mass is 481 g/mol. The van der Waals surface area contributed by atoms with Crippen LogP contribution in [0.3, 0.4) is 0 Å². The Morgan fingerprint density at radius 2 is 1.79 bits per heavy atom. The number of halogens is 1.